The van der Waals surface area contributed by atoms with E-state index in [-0.39, 0.29) is 5.69 Å². The predicted molar refractivity (Wildman–Crippen MR) is 69.0 cm³/mol. The molecule has 0 fully saturated rings. The van der Waals surface area contributed by atoms with Gasteiger partial charge < -0.3 is 5.11 Å². The van der Waals surface area contributed by atoms with Gasteiger partial charge >= 0.3 is 18.1 Å². The molecule has 21 heavy (non-hydrogen) atoms. The number of carbonyl (C=O) groups is 2. The van der Waals surface area contributed by atoms with Crippen LogP contribution in [-0.2, 0) is 15.0 Å². The number of fused-ring (bicyclic) bond motifs is 1. The normalized spacial score (nSPS) is 23.8. The van der Waals surface area contributed by atoms with Gasteiger partial charge in [-0.2, -0.15) is 13.2 Å². The van der Waals surface area contributed by atoms with Crippen molar-refractivity contribution in [1.82, 2.24) is 0 Å². The average molecular weight is 301 g/mol. The van der Waals surface area contributed by atoms with Crippen LogP contribution in [0.1, 0.15) is 26.3 Å². The SMILES string of the molecule is CC1(C)c2ccccc2N(C(=O)C(F)(F)F)C1(C)C(=O)O. The highest BCUT2D eigenvalue weighted by molar-refractivity contribution is 6.08. The predicted octanol–water partition coefficient (Wildman–Crippen LogP) is 2.72. The topological polar surface area (TPSA) is 57.6 Å². The average Bonchev–Trinajstić information content (AvgIpc) is 2.54. The van der Waals surface area contributed by atoms with Crippen LogP contribution in [0, 0.1) is 0 Å². The van der Waals surface area contributed by atoms with Crippen LogP contribution in [0.25, 0.3) is 0 Å². The van der Waals surface area contributed by atoms with Gasteiger partial charge in [0, 0.05) is 11.1 Å². The maximum absolute atomic E-state index is 12.9. The summed E-state index contributed by atoms with van der Waals surface area (Å²) in [6.07, 6.45) is -5.15. The first-order valence-corrected chi connectivity index (χ1v) is 6.20. The van der Waals surface area contributed by atoms with E-state index < -0.39 is 29.0 Å². The Bertz CT molecular complexity index is 624. The lowest BCUT2D eigenvalue weighted by Crippen LogP contribution is -2.63. The number of nitrogens with zero attached hydrogens (tertiary/aromatic N) is 1. The van der Waals surface area contributed by atoms with Crippen molar-refractivity contribution in [3.63, 3.8) is 0 Å². The molecule has 1 aliphatic heterocycles. The molecule has 1 unspecified atom stereocenters. The summed E-state index contributed by atoms with van der Waals surface area (Å²) in [5.74, 6) is -3.66. The third kappa shape index (κ3) is 1.83. The third-order valence-corrected chi connectivity index (χ3v) is 4.34. The number of aliphatic carboxylic acids is 1. The quantitative estimate of drug-likeness (QED) is 0.867. The van der Waals surface area contributed by atoms with E-state index >= 15 is 0 Å². The van der Waals surface area contributed by atoms with Gasteiger partial charge in [0.25, 0.3) is 0 Å². The Morgan fingerprint density at radius 3 is 2.14 bits per heavy atom. The van der Waals surface area contributed by atoms with Crippen molar-refractivity contribution in [1.29, 1.82) is 0 Å². The second kappa shape index (κ2) is 4.22. The minimum Gasteiger partial charge on any atom is -0.479 e. The van der Waals surface area contributed by atoms with Gasteiger partial charge in [-0.15, -0.1) is 0 Å². The summed E-state index contributed by atoms with van der Waals surface area (Å²) >= 11 is 0. The van der Waals surface area contributed by atoms with E-state index in [1.165, 1.54) is 26.0 Å². The Morgan fingerprint density at radius 2 is 1.67 bits per heavy atom. The van der Waals surface area contributed by atoms with Crippen LogP contribution in [-0.4, -0.2) is 28.7 Å². The largest absolute Gasteiger partial charge is 0.479 e. The summed E-state index contributed by atoms with van der Waals surface area (Å²) in [7, 11) is 0. The van der Waals surface area contributed by atoms with Gasteiger partial charge in [0.1, 0.15) is 0 Å². The first kappa shape index (κ1) is 15.3. The van der Waals surface area contributed by atoms with Crippen LogP contribution >= 0.6 is 0 Å². The monoisotopic (exact) mass is 301 g/mol. The van der Waals surface area contributed by atoms with Crippen molar-refractivity contribution >= 4 is 17.6 Å². The fraction of sp³-hybridized carbons (Fsp3) is 0.429. The van der Waals surface area contributed by atoms with E-state index in [0.29, 0.717) is 10.5 Å². The number of amides is 1. The zero-order chi connectivity index (χ0) is 16.2. The fourth-order valence-electron chi connectivity index (χ4n) is 2.78. The fourth-order valence-corrected chi connectivity index (χ4v) is 2.78. The number of anilines is 1. The molecular weight excluding hydrogens is 287 g/mol. The molecule has 0 aromatic heterocycles. The van der Waals surface area contributed by atoms with Crippen molar-refractivity contribution in [3.05, 3.63) is 29.8 Å². The highest BCUT2D eigenvalue weighted by atomic mass is 19.4. The molecule has 0 saturated carbocycles. The van der Waals surface area contributed by atoms with Crippen molar-refractivity contribution in [2.45, 2.75) is 37.9 Å². The summed E-state index contributed by atoms with van der Waals surface area (Å²) in [5, 5.41) is 9.50. The number of carbonyl (C=O) groups excluding carboxylic acids is 1. The van der Waals surface area contributed by atoms with E-state index in [2.05, 4.69) is 0 Å². The number of rotatable bonds is 1. The second-order valence-electron chi connectivity index (χ2n) is 5.66. The number of para-hydroxylation sites is 1. The molecule has 4 nitrogen and oxygen atoms in total. The van der Waals surface area contributed by atoms with E-state index in [1.807, 2.05) is 0 Å². The molecule has 0 bridgehead atoms. The Labute approximate surface area is 119 Å². The summed E-state index contributed by atoms with van der Waals surface area (Å²) in [4.78, 5) is 23.8. The van der Waals surface area contributed by atoms with Gasteiger partial charge in [-0.05, 0) is 18.6 Å². The summed E-state index contributed by atoms with van der Waals surface area (Å²) in [6, 6.07) is 5.94. The molecule has 0 spiro atoms. The van der Waals surface area contributed by atoms with Crippen molar-refractivity contribution in [2.75, 3.05) is 4.90 Å². The zero-order valence-corrected chi connectivity index (χ0v) is 11.7. The van der Waals surface area contributed by atoms with Crippen molar-refractivity contribution in [3.8, 4) is 0 Å². The maximum Gasteiger partial charge on any atom is 0.471 e. The molecule has 114 valence electrons. The first-order valence-electron chi connectivity index (χ1n) is 6.20. The van der Waals surface area contributed by atoms with Crippen LogP contribution in [0.3, 0.4) is 0 Å². The van der Waals surface area contributed by atoms with Gasteiger partial charge in [-0.1, -0.05) is 32.0 Å². The van der Waals surface area contributed by atoms with Crippen molar-refractivity contribution < 1.29 is 27.9 Å². The standard InChI is InChI=1S/C14H14F3NO3/c1-12(2)8-6-4-5-7-9(8)18(10(19)14(15,16)17)13(12,3)11(20)21/h4-7H,1-3H3,(H,20,21). The molecular formula is C14H14F3NO3. The molecule has 2 rings (SSSR count). The first-order chi connectivity index (χ1) is 9.45. The minimum absolute atomic E-state index is 0.0188. The molecule has 0 saturated heterocycles. The summed E-state index contributed by atoms with van der Waals surface area (Å²) in [5.41, 5.74) is -2.82. The number of benzene rings is 1. The number of hydrogen-bond acceptors (Lipinski definition) is 2. The Balaban J connectivity index is 2.77. The molecule has 1 aliphatic rings. The highest BCUT2D eigenvalue weighted by Crippen LogP contribution is 2.52. The van der Waals surface area contributed by atoms with Gasteiger partial charge in [0.15, 0.2) is 5.54 Å². The molecule has 1 heterocycles. The van der Waals surface area contributed by atoms with E-state index in [1.54, 1.807) is 12.1 Å². The van der Waals surface area contributed by atoms with Gasteiger partial charge in [0.2, 0.25) is 0 Å². The number of alkyl halides is 3. The lowest BCUT2D eigenvalue weighted by atomic mass is 9.71. The van der Waals surface area contributed by atoms with Crippen LogP contribution in [0.15, 0.2) is 24.3 Å². The van der Waals surface area contributed by atoms with Crippen LogP contribution in [0.5, 0.6) is 0 Å². The van der Waals surface area contributed by atoms with Crippen LogP contribution in [0.2, 0.25) is 0 Å². The molecule has 1 atom stereocenters. The molecule has 1 aromatic carbocycles. The smallest absolute Gasteiger partial charge is 0.471 e. The summed E-state index contributed by atoms with van der Waals surface area (Å²) in [6.45, 7) is 4.17. The number of carboxylic acids is 1. The van der Waals surface area contributed by atoms with E-state index in [4.69, 9.17) is 0 Å². The van der Waals surface area contributed by atoms with Crippen LogP contribution < -0.4 is 4.90 Å². The van der Waals surface area contributed by atoms with Crippen molar-refractivity contribution in [2.24, 2.45) is 0 Å². The number of halogens is 3. The Hall–Kier alpha value is -2.05. The van der Waals surface area contributed by atoms with Crippen LogP contribution in [0.4, 0.5) is 18.9 Å². The molecule has 0 radical (unpaired) electrons. The van der Waals surface area contributed by atoms with Gasteiger partial charge in [-0.3, -0.25) is 9.69 Å². The maximum atomic E-state index is 12.9. The Morgan fingerprint density at radius 1 is 1.14 bits per heavy atom. The van der Waals surface area contributed by atoms with E-state index in [9.17, 15) is 27.9 Å². The molecule has 0 aliphatic carbocycles. The Kier molecular flexibility index (Phi) is 3.08. The number of carboxylic acid groups (broad SMARTS) is 1. The number of hydrogen-bond donors (Lipinski definition) is 1. The lowest BCUT2D eigenvalue weighted by molar-refractivity contribution is -0.173. The zero-order valence-electron chi connectivity index (χ0n) is 11.7. The lowest BCUT2D eigenvalue weighted by Gasteiger charge is -2.40. The molecule has 1 aromatic rings. The molecule has 1 amide bonds. The molecule has 7 heteroatoms. The highest BCUT2D eigenvalue weighted by Gasteiger charge is 2.64. The minimum atomic E-state index is -5.15. The third-order valence-electron chi connectivity index (χ3n) is 4.34. The van der Waals surface area contributed by atoms with E-state index in [0.717, 1.165) is 6.92 Å². The van der Waals surface area contributed by atoms with Gasteiger partial charge in [0.05, 0.1) is 0 Å². The second-order valence-corrected chi connectivity index (χ2v) is 5.66. The molecule has 1 N–H and O–H groups in total. The van der Waals surface area contributed by atoms with Gasteiger partial charge in [-0.25, -0.2) is 4.79 Å². The summed E-state index contributed by atoms with van der Waals surface area (Å²) < 4.78 is 38.6.